The molecule has 4 rings (SSSR count). The Kier molecular flexibility index (Phi) is 5.74. The van der Waals surface area contributed by atoms with Crippen LogP contribution in [0.4, 0.5) is 10.8 Å². The van der Waals surface area contributed by atoms with E-state index in [1.165, 1.54) is 23.7 Å². The van der Waals surface area contributed by atoms with Crippen LogP contribution in [0.15, 0.2) is 72.4 Å². The van der Waals surface area contributed by atoms with Crippen molar-refractivity contribution in [1.29, 1.82) is 0 Å². The van der Waals surface area contributed by atoms with Crippen LogP contribution in [0.5, 0.6) is 0 Å². The van der Waals surface area contributed by atoms with Crippen LogP contribution in [0.25, 0.3) is 22.6 Å². The van der Waals surface area contributed by atoms with Gasteiger partial charge in [0, 0.05) is 34.6 Å². The Balaban J connectivity index is 1.43. The minimum atomic E-state index is -3.33. The van der Waals surface area contributed by atoms with Crippen LogP contribution in [0.1, 0.15) is 10.4 Å². The zero-order valence-electron chi connectivity index (χ0n) is 16.3. The van der Waals surface area contributed by atoms with E-state index in [1.807, 2.05) is 35.7 Å². The Morgan fingerprint density at radius 1 is 0.935 bits per heavy atom. The van der Waals surface area contributed by atoms with Crippen LogP contribution in [0.3, 0.4) is 0 Å². The molecule has 156 valence electrons. The summed E-state index contributed by atoms with van der Waals surface area (Å²) in [7, 11) is -3.33. The number of rotatable bonds is 6. The number of amides is 1. The van der Waals surface area contributed by atoms with Crippen LogP contribution in [0, 0.1) is 0 Å². The summed E-state index contributed by atoms with van der Waals surface area (Å²) in [4.78, 5) is 25.4. The summed E-state index contributed by atoms with van der Waals surface area (Å²) in [5.41, 5.74) is 3.13. The van der Waals surface area contributed by atoms with E-state index in [1.54, 1.807) is 24.3 Å². The molecule has 0 fully saturated rings. The molecule has 0 radical (unpaired) electrons. The summed E-state index contributed by atoms with van der Waals surface area (Å²) >= 11 is 1.29. The van der Waals surface area contributed by atoms with Gasteiger partial charge >= 0.3 is 0 Å². The average molecular weight is 452 g/mol. The van der Waals surface area contributed by atoms with Crippen molar-refractivity contribution in [3.8, 4) is 22.6 Å². The highest BCUT2D eigenvalue weighted by Crippen LogP contribution is 2.26. The van der Waals surface area contributed by atoms with Crippen LogP contribution in [-0.2, 0) is 10.0 Å². The van der Waals surface area contributed by atoms with Crippen molar-refractivity contribution in [1.82, 2.24) is 15.0 Å². The van der Waals surface area contributed by atoms with Crippen LogP contribution in [-0.4, -0.2) is 35.5 Å². The number of aromatic nitrogens is 3. The highest BCUT2D eigenvalue weighted by atomic mass is 32.2. The minimum Gasteiger partial charge on any atom is -0.298 e. The van der Waals surface area contributed by atoms with Gasteiger partial charge in [0.25, 0.3) is 5.91 Å². The molecular weight excluding hydrogens is 434 g/mol. The number of carbonyl (C=O) groups is 1. The molecule has 2 heterocycles. The third-order valence-corrected chi connectivity index (χ3v) is 5.52. The van der Waals surface area contributed by atoms with E-state index in [0.717, 1.165) is 17.4 Å². The molecule has 0 unspecified atom stereocenters. The van der Waals surface area contributed by atoms with Crippen molar-refractivity contribution in [2.24, 2.45) is 0 Å². The number of hydrogen-bond donors (Lipinski definition) is 2. The standard InChI is InChI=1S/C21H17N5O3S2/c1-31(28,29)26-17-9-7-14(8-10-17)18-13-30-21(24-18)25-20(27)16-11-22-19(23-12-16)15-5-3-2-4-6-15/h2-13,26H,1H3,(H,24,25,27). The molecule has 0 aliphatic heterocycles. The number of carbonyl (C=O) groups excluding carboxylic acids is 1. The van der Waals surface area contributed by atoms with E-state index < -0.39 is 10.0 Å². The lowest BCUT2D eigenvalue weighted by Gasteiger charge is -2.04. The van der Waals surface area contributed by atoms with Gasteiger partial charge in [-0.2, -0.15) is 0 Å². The van der Waals surface area contributed by atoms with Gasteiger partial charge in [0.15, 0.2) is 11.0 Å². The van der Waals surface area contributed by atoms with Crippen molar-refractivity contribution in [3.63, 3.8) is 0 Å². The first kappa shape index (κ1) is 20.6. The van der Waals surface area contributed by atoms with E-state index in [9.17, 15) is 13.2 Å². The maximum atomic E-state index is 12.5. The van der Waals surface area contributed by atoms with Crippen molar-refractivity contribution >= 4 is 38.1 Å². The lowest BCUT2D eigenvalue weighted by Crippen LogP contribution is -2.12. The zero-order valence-corrected chi connectivity index (χ0v) is 17.9. The molecule has 2 aromatic carbocycles. The number of benzene rings is 2. The molecule has 0 spiro atoms. The quantitative estimate of drug-likeness (QED) is 0.460. The van der Waals surface area contributed by atoms with Gasteiger partial charge in [-0.15, -0.1) is 11.3 Å². The molecule has 0 bridgehead atoms. The Hall–Kier alpha value is -3.63. The van der Waals surface area contributed by atoms with E-state index in [2.05, 4.69) is 25.0 Å². The molecular formula is C21H17N5O3S2. The van der Waals surface area contributed by atoms with Crippen LogP contribution < -0.4 is 10.0 Å². The summed E-state index contributed by atoms with van der Waals surface area (Å²) in [6.07, 6.45) is 4.05. The number of anilines is 2. The predicted molar refractivity (Wildman–Crippen MR) is 121 cm³/mol. The summed E-state index contributed by atoms with van der Waals surface area (Å²) in [5.74, 6) is 0.190. The third-order valence-electron chi connectivity index (χ3n) is 4.15. The van der Waals surface area contributed by atoms with Crippen molar-refractivity contribution in [3.05, 3.63) is 77.9 Å². The summed E-state index contributed by atoms with van der Waals surface area (Å²) < 4.78 is 25.0. The molecule has 8 nitrogen and oxygen atoms in total. The molecule has 0 aliphatic carbocycles. The molecule has 4 aromatic rings. The second-order valence-corrected chi connectivity index (χ2v) is 9.21. The Bertz CT molecular complexity index is 1300. The first-order chi connectivity index (χ1) is 14.9. The number of thiazole rings is 1. The maximum absolute atomic E-state index is 12.5. The van der Waals surface area contributed by atoms with Crippen molar-refractivity contribution in [2.75, 3.05) is 16.3 Å². The maximum Gasteiger partial charge on any atom is 0.260 e. The van der Waals surface area contributed by atoms with Gasteiger partial charge < -0.3 is 0 Å². The van der Waals surface area contributed by atoms with E-state index >= 15 is 0 Å². The second-order valence-electron chi connectivity index (χ2n) is 6.60. The monoisotopic (exact) mass is 451 g/mol. The van der Waals surface area contributed by atoms with Gasteiger partial charge in [0.05, 0.1) is 17.5 Å². The third kappa shape index (κ3) is 5.30. The van der Waals surface area contributed by atoms with Crippen molar-refractivity contribution < 1.29 is 13.2 Å². The smallest absolute Gasteiger partial charge is 0.260 e. The fraction of sp³-hybridized carbons (Fsp3) is 0.0476. The molecule has 31 heavy (non-hydrogen) atoms. The summed E-state index contributed by atoms with van der Waals surface area (Å²) in [6, 6.07) is 16.3. The molecule has 0 aliphatic rings. The minimum absolute atomic E-state index is 0.327. The first-order valence-electron chi connectivity index (χ1n) is 9.10. The molecule has 0 saturated carbocycles. The topological polar surface area (TPSA) is 114 Å². The molecule has 0 saturated heterocycles. The Morgan fingerprint density at radius 3 is 2.26 bits per heavy atom. The summed E-state index contributed by atoms with van der Waals surface area (Å²) in [6.45, 7) is 0. The fourth-order valence-corrected chi connectivity index (χ4v) is 4.02. The van der Waals surface area contributed by atoms with E-state index in [-0.39, 0.29) is 5.91 Å². The highest BCUT2D eigenvalue weighted by molar-refractivity contribution is 7.92. The number of hydrogen-bond acceptors (Lipinski definition) is 7. The van der Waals surface area contributed by atoms with Gasteiger partial charge in [-0.25, -0.2) is 23.4 Å². The molecule has 1 amide bonds. The van der Waals surface area contributed by atoms with Gasteiger partial charge in [-0.1, -0.05) is 42.5 Å². The van der Waals surface area contributed by atoms with Gasteiger partial charge in [0.1, 0.15) is 0 Å². The van der Waals surface area contributed by atoms with Gasteiger partial charge in [-0.3, -0.25) is 14.8 Å². The molecule has 2 aromatic heterocycles. The lowest BCUT2D eigenvalue weighted by molar-refractivity contribution is 0.102. The average Bonchev–Trinajstić information content (AvgIpc) is 3.22. The largest absolute Gasteiger partial charge is 0.298 e. The Labute approximate surface area is 183 Å². The van der Waals surface area contributed by atoms with Crippen LogP contribution >= 0.6 is 11.3 Å². The van der Waals surface area contributed by atoms with Crippen molar-refractivity contribution in [2.45, 2.75) is 0 Å². The van der Waals surface area contributed by atoms with Crippen LogP contribution in [0.2, 0.25) is 0 Å². The van der Waals surface area contributed by atoms with Gasteiger partial charge in [-0.05, 0) is 12.1 Å². The van der Waals surface area contributed by atoms with E-state index in [4.69, 9.17) is 0 Å². The molecule has 2 N–H and O–H groups in total. The predicted octanol–water partition coefficient (Wildman–Crippen LogP) is 3.89. The number of nitrogens with one attached hydrogen (secondary N) is 2. The van der Waals surface area contributed by atoms with E-state index in [0.29, 0.717) is 27.9 Å². The zero-order chi connectivity index (χ0) is 21.8. The highest BCUT2D eigenvalue weighted by Gasteiger charge is 2.12. The van der Waals surface area contributed by atoms with Gasteiger partial charge in [0.2, 0.25) is 10.0 Å². The fourth-order valence-electron chi connectivity index (χ4n) is 2.74. The Morgan fingerprint density at radius 2 is 1.61 bits per heavy atom. The SMILES string of the molecule is CS(=O)(=O)Nc1ccc(-c2csc(NC(=O)c3cnc(-c4ccccc4)nc3)n2)cc1. The lowest BCUT2D eigenvalue weighted by atomic mass is 10.1. The molecule has 0 atom stereocenters. The second kappa shape index (κ2) is 8.62. The summed E-state index contributed by atoms with van der Waals surface area (Å²) in [5, 5.41) is 4.99. The molecule has 10 heteroatoms. The normalized spacial score (nSPS) is 11.1. The number of nitrogens with zero attached hydrogens (tertiary/aromatic N) is 3. The first-order valence-corrected chi connectivity index (χ1v) is 11.9. The number of sulfonamides is 1.